The van der Waals surface area contributed by atoms with E-state index in [0.29, 0.717) is 5.69 Å². The van der Waals surface area contributed by atoms with Crippen molar-refractivity contribution in [1.29, 1.82) is 0 Å². The molecule has 0 saturated carbocycles. The number of esters is 1. The van der Waals surface area contributed by atoms with E-state index in [4.69, 9.17) is 9.47 Å². The molecular weight excluding hydrogens is 246 g/mol. The lowest BCUT2D eigenvalue weighted by atomic mass is 10.2. The summed E-state index contributed by atoms with van der Waals surface area (Å²) in [5.41, 5.74) is 0.682. The summed E-state index contributed by atoms with van der Waals surface area (Å²) in [6, 6.07) is 6.99. The van der Waals surface area contributed by atoms with E-state index in [0.717, 1.165) is 5.75 Å². The second kappa shape index (κ2) is 7.20. The molecule has 0 aliphatic rings. The maximum atomic E-state index is 11.6. The van der Waals surface area contributed by atoms with Crippen LogP contribution in [-0.2, 0) is 9.53 Å². The summed E-state index contributed by atoms with van der Waals surface area (Å²) in [4.78, 5) is 15.7. The molecule has 102 valence electrons. The van der Waals surface area contributed by atoms with Crippen LogP contribution in [0.15, 0.2) is 40.6 Å². The highest BCUT2D eigenvalue weighted by molar-refractivity contribution is 6.10. The van der Waals surface area contributed by atoms with Crippen LogP contribution in [0, 0.1) is 0 Å². The van der Waals surface area contributed by atoms with Crippen LogP contribution in [0.4, 0.5) is 5.69 Å². The van der Waals surface area contributed by atoms with Crippen LogP contribution in [0.25, 0.3) is 0 Å². The summed E-state index contributed by atoms with van der Waals surface area (Å²) in [7, 11) is 1.58. The van der Waals surface area contributed by atoms with Crippen molar-refractivity contribution in [3.63, 3.8) is 0 Å². The third-order valence-electron chi connectivity index (χ3n) is 2.30. The van der Waals surface area contributed by atoms with Crippen molar-refractivity contribution in [1.82, 2.24) is 0 Å². The fourth-order valence-corrected chi connectivity index (χ4v) is 1.31. The van der Waals surface area contributed by atoms with Crippen LogP contribution in [0.3, 0.4) is 0 Å². The van der Waals surface area contributed by atoms with Gasteiger partial charge in [-0.1, -0.05) is 0 Å². The number of nitrogens with zero attached hydrogens (tertiary/aromatic N) is 1. The van der Waals surface area contributed by atoms with Gasteiger partial charge in [-0.15, -0.1) is 0 Å². The standard InChI is InChI=1S/C14H17NO4/c1-4-19-14(17)13(10(2)16)9-15-11-5-7-12(18-3)8-6-11/h5-9,16H,4H2,1-3H3. The highest BCUT2D eigenvalue weighted by Gasteiger charge is 2.11. The van der Waals surface area contributed by atoms with Gasteiger partial charge in [0.15, 0.2) is 0 Å². The number of rotatable bonds is 5. The molecular formula is C14H17NO4. The van der Waals surface area contributed by atoms with Crippen molar-refractivity contribution < 1.29 is 19.4 Å². The molecule has 1 aromatic carbocycles. The van der Waals surface area contributed by atoms with Gasteiger partial charge in [0.2, 0.25) is 0 Å². The van der Waals surface area contributed by atoms with Gasteiger partial charge in [-0.2, -0.15) is 0 Å². The van der Waals surface area contributed by atoms with Gasteiger partial charge >= 0.3 is 5.97 Å². The molecule has 19 heavy (non-hydrogen) atoms. The van der Waals surface area contributed by atoms with Gasteiger partial charge < -0.3 is 14.6 Å². The molecule has 0 unspecified atom stereocenters. The predicted octanol–water partition coefficient (Wildman–Crippen LogP) is 2.79. The molecule has 1 rings (SSSR count). The van der Waals surface area contributed by atoms with E-state index < -0.39 is 5.97 Å². The van der Waals surface area contributed by atoms with E-state index in [1.165, 1.54) is 13.1 Å². The Balaban J connectivity index is 2.87. The van der Waals surface area contributed by atoms with Gasteiger partial charge in [-0.25, -0.2) is 4.79 Å². The number of benzene rings is 1. The van der Waals surface area contributed by atoms with Crippen molar-refractivity contribution in [3.8, 4) is 5.75 Å². The first-order valence-electron chi connectivity index (χ1n) is 5.83. The molecule has 0 fully saturated rings. The second-order valence-corrected chi connectivity index (χ2v) is 3.68. The lowest BCUT2D eigenvalue weighted by Gasteiger charge is -2.03. The first-order valence-corrected chi connectivity index (χ1v) is 5.83. The number of ether oxygens (including phenoxy) is 2. The van der Waals surface area contributed by atoms with Crippen molar-refractivity contribution in [2.75, 3.05) is 13.7 Å². The largest absolute Gasteiger partial charge is 0.512 e. The minimum Gasteiger partial charge on any atom is -0.512 e. The van der Waals surface area contributed by atoms with Crippen molar-refractivity contribution in [2.45, 2.75) is 13.8 Å². The zero-order chi connectivity index (χ0) is 14.3. The number of carbonyl (C=O) groups is 1. The van der Waals surface area contributed by atoms with E-state index >= 15 is 0 Å². The van der Waals surface area contributed by atoms with Crippen molar-refractivity contribution >= 4 is 17.9 Å². The monoisotopic (exact) mass is 263 g/mol. The van der Waals surface area contributed by atoms with Gasteiger partial charge in [0.25, 0.3) is 0 Å². The zero-order valence-electron chi connectivity index (χ0n) is 11.2. The quantitative estimate of drug-likeness (QED) is 0.384. The van der Waals surface area contributed by atoms with E-state index in [2.05, 4.69) is 4.99 Å². The Bertz CT molecular complexity index is 485. The molecule has 5 nitrogen and oxygen atoms in total. The molecule has 5 heteroatoms. The maximum Gasteiger partial charge on any atom is 0.343 e. The number of aliphatic imine (C=N–C) groups is 1. The molecule has 0 heterocycles. The SMILES string of the molecule is CCOC(=O)C(C=Nc1ccc(OC)cc1)=C(C)O. The summed E-state index contributed by atoms with van der Waals surface area (Å²) in [5.74, 6) is -0.00563. The summed E-state index contributed by atoms with van der Waals surface area (Å²) in [6.45, 7) is 3.35. The molecule has 0 saturated heterocycles. The molecule has 0 aliphatic heterocycles. The van der Waals surface area contributed by atoms with Crippen LogP contribution in [0.2, 0.25) is 0 Å². The van der Waals surface area contributed by atoms with Gasteiger partial charge in [-0.05, 0) is 38.1 Å². The van der Waals surface area contributed by atoms with Crippen LogP contribution >= 0.6 is 0 Å². The molecule has 0 amide bonds. The number of hydrogen-bond donors (Lipinski definition) is 1. The van der Waals surface area contributed by atoms with Crippen LogP contribution < -0.4 is 4.74 Å². The lowest BCUT2D eigenvalue weighted by Crippen LogP contribution is -2.10. The molecule has 1 N–H and O–H groups in total. The Labute approximate surface area is 112 Å². The summed E-state index contributed by atoms with van der Waals surface area (Å²) in [5, 5.41) is 9.44. The minimum absolute atomic E-state index is 0.0395. The highest BCUT2D eigenvalue weighted by Crippen LogP contribution is 2.17. The van der Waals surface area contributed by atoms with Crippen LogP contribution in [-0.4, -0.2) is 31.0 Å². The fourth-order valence-electron chi connectivity index (χ4n) is 1.31. The summed E-state index contributed by atoms with van der Waals surface area (Å²) >= 11 is 0. The topological polar surface area (TPSA) is 68.1 Å². The van der Waals surface area contributed by atoms with Crippen LogP contribution in [0.5, 0.6) is 5.75 Å². The smallest absolute Gasteiger partial charge is 0.343 e. The minimum atomic E-state index is -0.597. The predicted molar refractivity (Wildman–Crippen MR) is 73.1 cm³/mol. The first-order chi connectivity index (χ1) is 9.08. The van der Waals surface area contributed by atoms with Crippen molar-refractivity contribution in [3.05, 3.63) is 35.6 Å². The van der Waals surface area contributed by atoms with Gasteiger partial charge in [-0.3, -0.25) is 4.99 Å². The molecule has 0 aromatic heterocycles. The highest BCUT2D eigenvalue weighted by atomic mass is 16.5. The molecule has 0 spiro atoms. The second-order valence-electron chi connectivity index (χ2n) is 3.68. The zero-order valence-corrected chi connectivity index (χ0v) is 11.2. The maximum absolute atomic E-state index is 11.6. The number of methoxy groups -OCH3 is 1. The fraction of sp³-hybridized carbons (Fsp3) is 0.286. The van der Waals surface area contributed by atoms with Crippen LogP contribution in [0.1, 0.15) is 13.8 Å². The number of aliphatic hydroxyl groups excluding tert-OH is 1. The normalized spacial score (nSPS) is 12.2. The summed E-state index contributed by atoms with van der Waals surface area (Å²) < 4.78 is 9.85. The van der Waals surface area contributed by atoms with Gasteiger partial charge in [0.05, 0.1) is 19.4 Å². The molecule has 1 aromatic rings. The van der Waals surface area contributed by atoms with Gasteiger partial charge in [0, 0.05) is 6.21 Å². The Kier molecular flexibility index (Phi) is 5.60. The number of hydrogen-bond acceptors (Lipinski definition) is 5. The number of aliphatic hydroxyl groups is 1. The van der Waals surface area contributed by atoms with Crippen molar-refractivity contribution in [2.24, 2.45) is 4.99 Å². The van der Waals surface area contributed by atoms with E-state index in [1.54, 1.807) is 38.3 Å². The number of carbonyl (C=O) groups excluding carboxylic acids is 1. The Morgan fingerprint density at radius 3 is 2.47 bits per heavy atom. The number of allylic oxidation sites excluding steroid dienone is 1. The average Bonchev–Trinajstić information content (AvgIpc) is 2.39. The third kappa shape index (κ3) is 4.46. The molecule has 0 radical (unpaired) electrons. The average molecular weight is 263 g/mol. The van der Waals surface area contributed by atoms with E-state index in [-0.39, 0.29) is 17.9 Å². The molecule has 0 aliphatic carbocycles. The Morgan fingerprint density at radius 1 is 1.37 bits per heavy atom. The lowest BCUT2D eigenvalue weighted by molar-refractivity contribution is -0.138. The Morgan fingerprint density at radius 2 is 2.00 bits per heavy atom. The molecule has 0 bridgehead atoms. The van der Waals surface area contributed by atoms with E-state index in [1.807, 2.05) is 0 Å². The first kappa shape index (κ1) is 14.8. The molecule has 0 atom stereocenters. The summed E-state index contributed by atoms with van der Waals surface area (Å²) in [6.07, 6.45) is 1.29. The third-order valence-corrected chi connectivity index (χ3v) is 2.30. The van der Waals surface area contributed by atoms with Gasteiger partial charge in [0.1, 0.15) is 17.1 Å². The van der Waals surface area contributed by atoms with E-state index in [9.17, 15) is 9.90 Å². The Hall–Kier alpha value is -2.30.